The van der Waals surface area contributed by atoms with E-state index in [2.05, 4.69) is 32.7 Å². The number of amides is 2. The SMILES string of the molecule is Cc1nc(NC(=O)CN2CCCC(C(=O)NCCc3ccccc3)C2)sc1C. The molecule has 150 valence electrons. The first-order valence-electron chi connectivity index (χ1n) is 9.79. The first-order chi connectivity index (χ1) is 13.5. The highest BCUT2D eigenvalue weighted by atomic mass is 32.1. The van der Waals surface area contributed by atoms with Gasteiger partial charge in [-0.1, -0.05) is 30.3 Å². The minimum absolute atomic E-state index is 0.0540. The van der Waals surface area contributed by atoms with Crippen LogP contribution < -0.4 is 10.6 Å². The lowest BCUT2D eigenvalue weighted by Crippen LogP contribution is -2.45. The highest BCUT2D eigenvalue weighted by Gasteiger charge is 2.26. The molecule has 0 spiro atoms. The minimum atomic E-state index is -0.0705. The number of aryl methyl sites for hydroxylation is 2. The van der Waals surface area contributed by atoms with E-state index < -0.39 is 0 Å². The molecule has 0 radical (unpaired) electrons. The van der Waals surface area contributed by atoms with Crippen molar-refractivity contribution >= 4 is 28.3 Å². The van der Waals surface area contributed by atoms with Crippen molar-refractivity contribution in [3.63, 3.8) is 0 Å². The summed E-state index contributed by atoms with van der Waals surface area (Å²) in [6.07, 6.45) is 2.64. The van der Waals surface area contributed by atoms with Crippen LogP contribution in [0.2, 0.25) is 0 Å². The average Bonchev–Trinajstić information content (AvgIpc) is 2.99. The second-order valence-electron chi connectivity index (χ2n) is 7.31. The molecule has 2 aromatic rings. The largest absolute Gasteiger partial charge is 0.355 e. The number of piperidine rings is 1. The van der Waals surface area contributed by atoms with Gasteiger partial charge in [-0.05, 0) is 45.2 Å². The smallest absolute Gasteiger partial charge is 0.240 e. The third-order valence-corrected chi connectivity index (χ3v) is 6.06. The Balaban J connectivity index is 1.42. The van der Waals surface area contributed by atoms with Gasteiger partial charge in [0.05, 0.1) is 18.2 Å². The molecule has 1 aliphatic rings. The third-order valence-electron chi connectivity index (χ3n) is 5.07. The molecule has 3 rings (SSSR count). The summed E-state index contributed by atoms with van der Waals surface area (Å²) in [5, 5.41) is 6.57. The quantitative estimate of drug-likeness (QED) is 0.749. The number of likely N-dealkylation sites (tertiary alicyclic amines) is 1. The van der Waals surface area contributed by atoms with Gasteiger partial charge >= 0.3 is 0 Å². The molecule has 28 heavy (non-hydrogen) atoms. The van der Waals surface area contributed by atoms with Crippen LogP contribution in [0.4, 0.5) is 5.13 Å². The number of rotatable bonds is 7. The van der Waals surface area contributed by atoms with Crippen molar-refractivity contribution in [3.8, 4) is 0 Å². The molecule has 6 nitrogen and oxygen atoms in total. The zero-order valence-electron chi connectivity index (χ0n) is 16.5. The van der Waals surface area contributed by atoms with Gasteiger partial charge in [0.2, 0.25) is 11.8 Å². The molecule has 2 amide bonds. The van der Waals surface area contributed by atoms with E-state index in [1.54, 1.807) is 0 Å². The van der Waals surface area contributed by atoms with E-state index in [0.29, 0.717) is 24.8 Å². The predicted octanol–water partition coefficient (Wildman–Crippen LogP) is 2.77. The van der Waals surface area contributed by atoms with E-state index in [9.17, 15) is 9.59 Å². The van der Waals surface area contributed by atoms with Gasteiger partial charge in [-0.2, -0.15) is 0 Å². The van der Waals surface area contributed by atoms with Gasteiger partial charge in [0, 0.05) is 18.0 Å². The lowest BCUT2D eigenvalue weighted by Gasteiger charge is -2.31. The zero-order chi connectivity index (χ0) is 19.9. The van der Waals surface area contributed by atoms with Gasteiger partial charge in [-0.3, -0.25) is 14.5 Å². The number of anilines is 1. The number of hydrogen-bond donors (Lipinski definition) is 2. The van der Waals surface area contributed by atoms with Crippen LogP contribution in [-0.2, 0) is 16.0 Å². The van der Waals surface area contributed by atoms with E-state index in [0.717, 1.165) is 36.4 Å². The van der Waals surface area contributed by atoms with Crippen molar-refractivity contribution in [2.75, 3.05) is 31.5 Å². The number of thiazole rings is 1. The van der Waals surface area contributed by atoms with Crippen molar-refractivity contribution < 1.29 is 9.59 Å². The van der Waals surface area contributed by atoms with Crippen molar-refractivity contribution in [1.29, 1.82) is 0 Å². The maximum atomic E-state index is 12.5. The van der Waals surface area contributed by atoms with Crippen LogP contribution in [0, 0.1) is 19.8 Å². The Hall–Kier alpha value is -2.25. The molecule has 0 bridgehead atoms. The van der Waals surface area contributed by atoms with Crippen molar-refractivity contribution in [2.24, 2.45) is 5.92 Å². The second kappa shape index (κ2) is 9.80. The Labute approximate surface area is 170 Å². The van der Waals surface area contributed by atoms with E-state index in [4.69, 9.17) is 0 Å². The van der Waals surface area contributed by atoms with Crippen molar-refractivity contribution in [1.82, 2.24) is 15.2 Å². The Morgan fingerprint density at radius 3 is 2.75 bits per heavy atom. The number of carbonyl (C=O) groups excluding carboxylic acids is 2. The molecule has 0 aliphatic carbocycles. The summed E-state index contributed by atoms with van der Waals surface area (Å²) in [4.78, 5) is 32.3. The molecule has 7 heteroatoms. The monoisotopic (exact) mass is 400 g/mol. The molecule has 1 unspecified atom stereocenters. The fraction of sp³-hybridized carbons (Fsp3) is 0.476. The molecular weight excluding hydrogens is 372 g/mol. The summed E-state index contributed by atoms with van der Waals surface area (Å²) in [6.45, 7) is 6.34. The first-order valence-corrected chi connectivity index (χ1v) is 10.6. The Bertz CT molecular complexity index is 786. The number of benzene rings is 1. The maximum Gasteiger partial charge on any atom is 0.240 e. The number of nitrogens with zero attached hydrogens (tertiary/aromatic N) is 2. The average molecular weight is 401 g/mol. The number of aromatic nitrogens is 1. The van der Waals surface area contributed by atoms with E-state index in [1.807, 2.05) is 32.0 Å². The van der Waals surface area contributed by atoms with Crippen LogP contribution in [0.5, 0.6) is 0 Å². The predicted molar refractivity (Wildman–Crippen MR) is 113 cm³/mol. The summed E-state index contributed by atoms with van der Waals surface area (Å²) in [5.74, 6) is -0.0345. The maximum absolute atomic E-state index is 12.5. The summed E-state index contributed by atoms with van der Waals surface area (Å²) < 4.78 is 0. The van der Waals surface area contributed by atoms with Crippen LogP contribution in [0.15, 0.2) is 30.3 Å². The molecule has 1 aliphatic heterocycles. The number of carbonyl (C=O) groups is 2. The lowest BCUT2D eigenvalue weighted by atomic mass is 9.97. The lowest BCUT2D eigenvalue weighted by molar-refractivity contribution is -0.127. The molecule has 2 heterocycles. The van der Waals surface area contributed by atoms with Gasteiger partial charge in [0.1, 0.15) is 0 Å². The molecule has 0 saturated carbocycles. The van der Waals surface area contributed by atoms with Gasteiger partial charge in [0.25, 0.3) is 0 Å². The first kappa shape index (κ1) is 20.5. The third kappa shape index (κ3) is 5.87. The van der Waals surface area contributed by atoms with Crippen molar-refractivity contribution in [2.45, 2.75) is 33.1 Å². The Kier molecular flexibility index (Phi) is 7.17. The van der Waals surface area contributed by atoms with Gasteiger partial charge in [-0.15, -0.1) is 11.3 Å². The topological polar surface area (TPSA) is 74.3 Å². The molecule has 1 aromatic carbocycles. The summed E-state index contributed by atoms with van der Waals surface area (Å²) in [7, 11) is 0. The fourth-order valence-electron chi connectivity index (χ4n) is 3.42. The standard InChI is InChI=1S/C21H28N4O2S/c1-15-16(2)28-21(23-15)24-19(26)14-25-12-6-9-18(13-25)20(27)22-11-10-17-7-4-3-5-8-17/h3-5,7-8,18H,6,9-14H2,1-2H3,(H,22,27)(H,23,24,26). The normalized spacial score (nSPS) is 17.3. The van der Waals surface area contributed by atoms with Crippen molar-refractivity contribution in [3.05, 3.63) is 46.5 Å². The highest BCUT2D eigenvalue weighted by molar-refractivity contribution is 7.15. The number of nitrogens with one attached hydrogen (secondary N) is 2. The Morgan fingerprint density at radius 2 is 2.04 bits per heavy atom. The molecule has 1 saturated heterocycles. The van der Waals surface area contributed by atoms with Crippen LogP contribution in [0.1, 0.15) is 29.0 Å². The second-order valence-corrected chi connectivity index (χ2v) is 8.51. The minimum Gasteiger partial charge on any atom is -0.355 e. The molecule has 2 N–H and O–H groups in total. The summed E-state index contributed by atoms with van der Waals surface area (Å²) >= 11 is 1.49. The molecular formula is C21H28N4O2S. The van der Waals surface area contributed by atoms with E-state index in [-0.39, 0.29) is 17.7 Å². The van der Waals surface area contributed by atoms with Crippen LogP contribution >= 0.6 is 11.3 Å². The molecule has 1 fully saturated rings. The molecule has 1 atom stereocenters. The van der Waals surface area contributed by atoms with E-state index in [1.165, 1.54) is 16.9 Å². The number of hydrogen-bond acceptors (Lipinski definition) is 5. The van der Waals surface area contributed by atoms with Crippen LogP contribution in [-0.4, -0.2) is 47.9 Å². The molecule has 1 aromatic heterocycles. The van der Waals surface area contributed by atoms with Gasteiger partial charge in [-0.25, -0.2) is 4.98 Å². The van der Waals surface area contributed by atoms with Gasteiger partial charge in [0.15, 0.2) is 5.13 Å². The van der Waals surface area contributed by atoms with Crippen LogP contribution in [0.25, 0.3) is 0 Å². The van der Waals surface area contributed by atoms with Crippen LogP contribution in [0.3, 0.4) is 0 Å². The Morgan fingerprint density at radius 1 is 1.25 bits per heavy atom. The summed E-state index contributed by atoms with van der Waals surface area (Å²) in [6, 6.07) is 10.1. The van der Waals surface area contributed by atoms with Gasteiger partial charge < -0.3 is 10.6 Å². The highest BCUT2D eigenvalue weighted by Crippen LogP contribution is 2.21. The van der Waals surface area contributed by atoms with E-state index >= 15 is 0 Å². The zero-order valence-corrected chi connectivity index (χ0v) is 17.3. The summed E-state index contributed by atoms with van der Waals surface area (Å²) in [5.41, 5.74) is 2.17. The fourth-order valence-corrected chi connectivity index (χ4v) is 4.25.